The van der Waals surface area contributed by atoms with Crippen molar-refractivity contribution in [2.45, 2.75) is 51.7 Å². The molecule has 0 spiro atoms. The van der Waals surface area contributed by atoms with E-state index < -0.39 is 0 Å². The average molecular weight is 264 g/mol. The fourth-order valence-electron chi connectivity index (χ4n) is 4.03. The summed E-state index contributed by atoms with van der Waals surface area (Å²) in [6.07, 6.45) is 3.20. The lowest BCUT2D eigenvalue weighted by Crippen LogP contribution is -2.40. The summed E-state index contributed by atoms with van der Waals surface area (Å²) in [6, 6.07) is 0. The van der Waals surface area contributed by atoms with Crippen LogP contribution in [0.1, 0.15) is 39.5 Å². The number of hydrogen-bond acceptors (Lipinski definition) is 4. The molecule has 0 unspecified atom stereocenters. The van der Waals surface area contributed by atoms with Crippen LogP contribution in [0.4, 0.5) is 0 Å². The van der Waals surface area contributed by atoms with Crippen molar-refractivity contribution in [3.8, 4) is 0 Å². The molecule has 1 saturated carbocycles. The van der Waals surface area contributed by atoms with Crippen molar-refractivity contribution in [3.63, 3.8) is 0 Å². The van der Waals surface area contributed by atoms with Gasteiger partial charge in [-0.2, -0.15) is 0 Å². The molecule has 4 atom stereocenters. The van der Waals surface area contributed by atoms with Gasteiger partial charge in [-0.25, -0.2) is 9.68 Å². The van der Waals surface area contributed by atoms with Crippen molar-refractivity contribution >= 4 is 5.97 Å². The van der Waals surface area contributed by atoms with Crippen molar-refractivity contribution in [2.24, 2.45) is 11.3 Å². The van der Waals surface area contributed by atoms with Crippen molar-refractivity contribution in [1.82, 2.24) is 0 Å². The molecule has 2 aliphatic carbocycles. The highest BCUT2D eigenvalue weighted by molar-refractivity contribution is 5.91. The first-order valence-electron chi connectivity index (χ1n) is 6.86. The molecule has 1 heterocycles. The lowest BCUT2D eigenvalue weighted by Gasteiger charge is -2.46. The number of fused-ring (bicyclic) bond motifs is 2. The van der Waals surface area contributed by atoms with Gasteiger partial charge in [0.25, 0.3) is 0 Å². The molecule has 0 aromatic rings. The van der Waals surface area contributed by atoms with Gasteiger partial charge < -0.3 is 4.74 Å². The smallest absolute Gasteiger partial charge is 0.334 e. The number of ether oxygens (including phenoxy) is 1. The Labute approximate surface area is 113 Å². The third kappa shape index (κ3) is 1.77. The molecule has 0 aromatic carbocycles. The third-order valence-corrected chi connectivity index (χ3v) is 5.27. The predicted molar refractivity (Wildman–Crippen MR) is 69.3 cm³/mol. The molecule has 4 nitrogen and oxygen atoms in total. The Hall–Kier alpha value is -1.13. The molecule has 104 valence electrons. The maximum absolute atomic E-state index is 11.6. The van der Waals surface area contributed by atoms with Crippen LogP contribution in [0.5, 0.6) is 0 Å². The Morgan fingerprint density at radius 2 is 2.26 bits per heavy atom. The van der Waals surface area contributed by atoms with Gasteiger partial charge in [-0.05, 0) is 43.6 Å². The van der Waals surface area contributed by atoms with Gasteiger partial charge >= 0.3 is 5.97 Å². The molecule has 0 radical (unpaired) electrons. The van der Waals surface area contributed by atoms with Crippen molar-refractivity contribution in [3.05, 3.63) is 23.3 Å². The highest BCUT2D eigenvalue weighted by Gasteiger charge is 2.51. The van der Waals surface area contributed by atoms with Crippen molar-refractivity contribution in [2.75, 3.05) is 0 Å². The second-order valence-electron chi connectivity index (χ2n) is 6.34. The summed E-state index contributed by atoms with van der Waals surface area (Å²) in [5.41, 5.74) is 3.09. The third-order valence-electron chi connectivity index (χ3n) is 5.27. The molecule has 19 heavy (non-hydrogen) atoms. The Kier molecular flexibility index (Phi) is 2.84. The van der Waals surface area contributed by atoms with Crippen LogP contribution in [0.3, 0.4) is 0 Å². The van der Waals surface area contributed by atoms with Crippen LogP contribution in [0.25, 0.3) is 0 Å². The molecule has 4 heteroatoms. The van der Waals surface area contributed by atoms with Gasteiger partial charge in [-0.15, -0.1) is 0 Å². The molecular formula is C15H20O4. The topological polar surface area (TPSA) is 55.8 Å². The SMILES string of the molecule is C=C1C(=O)O[C@@H]2C[C@@]3(C)CC[C@@H](OO)C(C)=C3C[C@H]12. The minimum Gasteiger partial charge on any atom is -0.458 e. The monoisotopic (exact) mass is 264 g/mol. The van der Waals surface area contributed by atoms with Gasteiger partial charge in [0.1, 0.15) is 12.2 Å². The molecule has 0 bridgehead atoms. The van der Waals surface area contributed by atoms with E-state index in [-0.39, 0.29) is 29.5 Å². The maximum atomic E-state index is 11.6. The summed E-state index contributed by atoms with van der Waals surface area (Å²) in [5.74, 6) is -0.145. The van der Waals surface area contributed by atoms with Crippen molar-refractivity contribution < 1.29 is 19.7 Å². The van der Waals surface area contributed by atoms with Gasteiger partial charge in [0.2, 0.25) is 0 Å². The standard InChI is InChI=1S/C15H20O4/c1-8-10-6-11-9(2)12(19-17)4-5-15(11,3)7-13(10)18-14(8)16/h10,12-13,17H,1,4-7H2,2-3H3/t10-,12-,13-,15-/m1/s1. The van der Waals surface area contributed by atoms with E-state index in [1.54, 1.807) is 0 Å². The zero-order valence-corrected chi connectivity index (χ0v) is 11.4. The summed E-state index contributed by atoms with van der Waals surface area (Å²) in [5, 5.41) is 8.99. The number of esters is 1. The highest BCUT2D eigenvalue weighted by Crippen LogP contribution is 2.54. The fourth-order valence-corrected chi connectivity index (χ4v) is 4.03. The summed E-state index contributed by atoms with van der Waals surface area (Å²) in [4.78, 5) is 16.2. The minimum absolute atomic E-state index is 0.0202. The number of carbonyl (C=O) groups excluding carboxylic acids is 1. The van der Waals surface area contributed by atoms with Crippen LogP contribution in [0.2, 0.25) is 0 Å². The lowest BCUT2D eigenvalue weighted by molar-refractivity contribution is -0.272. The fraction of sp³-hybridized carbons (Fsp3) is 0.667. The second kappa shape index (κ2) is 4.18. The number of hydrogen-bond donors (Lipinski definition) is 1. The van der Waals surface area contributed by atoms with E-state index in [9.17, 15) is 4.79 Å². The first kappa shape index (κ1) is 12.9. The number of rotatable bonds is 1. The van der Waals surface area contributed by atoms with Crippen LogP contribution >= 0.6 is 0 Å². The molecular weight excluding hydrogens is 244 g/mol. The molecule has 0 amide bonds. The second-order valence-corrected chi connectivity index (χ2v) is 6.34. The van der Waals surface area contributed by atoms with E-state index in [1.165, 1.54) is 5.57 Å². The quantitative estimate of drug-likeness (QED) is 0.260. The van der Waals surface area contributed by atoms with Crippen LogP contribution in [-0.2, 0) is 14.4 Å². The van der Waals surface area contributed by atoms with Crippen LogP contribution < -0.4 is 0 Å². The van der Waals surface area contributed by atoms with Crippen LogP contribution in [0.15, 0.2) is 23.3 Å². The van der Waals surface area contributed by atoms with E-state index >= 15 is 0 Å². The maximum Gasteiger partial charge on any atom is 0.334 e. The molecule has 1 saturated heterocycles. The van der Waals surface area contributed by atoms with E-state index in [0.29, 0.717) is 5.57 Å². The molecule has 1 N–H and O–H groups in total. The van der Waals surface area contributed by atoms with E-state index in [2.05, 4.69) is 18.4 Å². The predicted octanol–water partition coefficient (Wildman–Crippen LogP) is 2.85. The Bertz CT molecular complexity index is 479. The molecule has 3 aliphatic rings. The Balaban J connectivity index is 1.98. The zero-order valence-electron chi connectivity index (χ0n) is 11.4. The molecule has 2 fully saturated rings. The summed E-state index contributed by atoms with van der Waals surface area (Å²) >= 11 is 0. The van der Waals surface area contributed by atoms with E-state index in [1.807, 2.05) is 6.92 Å². The van der Waals surface area contributed by atoms with Gasteiger partial charge in [0.05, 0.1) is 0 Å². The molecule has 1 aliphatic heterocycles. The summed E-state index contributed by atoms with van der Waals surface area (Å²) in [6.45, 7) is 8.12. The number of allylic oxidation sites excluding steroid dienone is 1. The minimum atomic E-state index is -0.245. The van der Waals surface area contributed by atoms with Crippen LogP contribution in [-0.4, -0.2) is 23.4 Å². The average Bonchev–Trinajstić information content (AvgIpc) is 2.63. The largest absolute Gasteiger partial charge is 0.458 e. The van der Waals surface area contributed by atoms with Crippen LogP contribution in [0, 0.1) is 11.3 Å². The van der Waals surface area contributed by atoms with E-state index in [4.69, 9.17) is 9.99 Å². The summed E-state index contributed by atoms with van der Waals surface area (Å²) < 4.78 is 5.44. The van der Waals surface area contributed by atoms with Crippen molar-refractivity contribution in [1.29, 1.82) is 0 Å². The normalized spacial score (nSPS) is 41.9. The zero-order chi connectivity index (χ0) is 13.8. The Morgan fingerprint density at radius 3 is 2.95 bits per heavy atom. The van der Waals surface area contributed by atoms with Gasteiger partial charge in [0.15, 0.2) is 0 Å². The first-order valence-corrected chi connectivity index (χ1v) is 6.86. The van der Waals surface area contributed by atoms with Gasteiger partial charge in [0, 0.05) is 11.5 Å². The van der Waals surface area contributed by atoms with E-state index in [0.717, 1.165) is 31.3 Å². The van der Waals surface area contributed by atoms with Gasteiger partial charge in [-0.1, -0.05) is 19.1 Å². The number of carbonyl (C=O) groups is 1. The molecule has 3 rings (SSSR count). The van der Waals surface area contributed by atoms with Gasteiger partial charge in [-0.3, -0.25) is 5.26 Å². The molecule has 0 aromatic heterocycles. The lowest BCUT2D eigenvalue weighted by atomic mass is 9.60. The Morgan fingerprint density at radius 1 is 1.53 bits per heavy atom. The highest BCUT2D eigenvalue weighted by atomic mass is 17.1. The summed E-state index contributed by atoms with van der Waals surface area (Å²) in [7, 11) is 0. The first-order chi connectivity index (χ1) is 8.96.